The van der Waals surface area contributed by atoms with Crippen molar-refractivity contribution in [3.8, 4) is 5.69 Å². The van der Waals surface area contributed by atoms with Gasteiger partial charge in [-0.1, -0.05) is 41.9 Å². The second kappa shape index (κ2) is 7.93. The zero-order valence-corrected chi connectivity index (χ0v) is 16.5. The van der Waals surface area contributed by atoms with Gasteiger partial charge < -0.3 is 4.74 Å². The first-order valence-corrected chi connectivity index (χ1v) is 9.49. The molecule has 0 unspecified atom stereocenters. The van der Waals surface area contributed by atoms with Crippen LogP contribution in [0, 0.1) is 6.92 Å². The molecular weight excluding hydrogens is 390 g/mol. The Morgan fingerprint density at radius 1 is 1.14 bits per heavy atom. The van der Waals surface area contributed by atoms with Gasteiger partial charge in [-0.15, -0.1) is 0 Å². The number of ketones is 1. The van der Waals surface area contributed by atoms with Crippen LogP contribution in [0.3, 0.4) is 0 Å². The maximum absolute atomic E-state index is 12.7. The topological polar surface area (TPSA) is 64.4 Å². The van der Waals surface area contributed by atoms with Gasteiger partial charge in [-0.25, -0.2) is 9.48 Å². The largest absolute Gasteiger partial charge is 0.447 e. The fourth-order valence-electron chi connectivity index (χ4n) is 3.15. The molecule has 6 nitrogen and oxygen atoms in total. The van der Waals surface area contributed by atoms with E-state index >= 15 is 0 Å². The van der Waals surface area contributed by atoms with Crippen LogP contribution >= 0.6 is 11.6 Å². The van der Waals surface area contributed by atoms with Crippen molar-refractivity contribution in [1.29, 1.82) is 0 Å². The van der Waals surface area contributed by atoms with Gasteiger partial charge in [0.1, 0.15) is 11.8 Å². The van der Waals surface area contributed by atoms with Gasteiger partial charge >= 0.3 is 6.09 Å². The molecule has 1 aliphatic heterocycles. The number of hydrogen-bond acceptors (Lipinski definition) is 4. The van der Waals surface area contributed by atoms with E-state index in [4.69, 9.17) is 16.3 Å². The summed E-state index contributed by atoms with van der Waals surface area (Å²) >= 11 is 6.50. The van der Waals surface area contributed by atoms with Crippen molar-refractivity contribution in [2.24, 2.45) is 0 Å². The molecule has 0 spiro atoms. The number of benzene rings is 2. The van der Waals surface area contributed by atoms with Crippen molar-refractivity contribution in [1.82, 2.24) is 9.78 Å². The van der Waals surface area contributed by atoms with Crippen LogP contribution in [0.15, 0.2) is 60.7 Å². The zero-order chi connectivity index (χ0) is 20.4. The lowest BCUT2D eigenvalue weighted by atomic mass is 10.1. The van der Waals surface area contributed by atoms with Gasteiger partial charge in [0.25, 0.3) is 0 Å². The maximum Gasteiger partial charge on any atom is 0.414 e. The molecule has 0 saturated carbocycles. The highest BCUT2D eigenvalue weighted by atomic mass is 35.5. The molecule has 1 saturated heterocycles. The molecule has 1 aromatic heterocycles. The van der Waals surface area contributed by atoms with Gasteiger partial charge in [-0.2, -0.15) is 5.10 Å². The van der Waals surface area contributed by atoms with Crippen LogP contribution in [0.25, 0.3) is 11.8 Å². The van der Waals surface area contributed by atoms with Crippen molar-refractivity contribution in [3.05, 3.63) is 82.6 Å². The highest BCUT2D eigenvalue weighted by Gasteiger charge is 2.24. The summed E-state index contributed by atoms with van der Waals surface area (Å²) in [5, 5.41) is 4.91. The second-order valence-electron chi connectivity index (χ2n) is 6.55. The minimum absolute atomic E-state index is 0.192. The molecule has 29 heavy (non-hydrogen) atoms. The molecule has 7 heteroatoms. The summed E-state index contributed by atoms with van der Waals surface area (Å²) in [5.74, 6) is -0.192. The normalized spacial score (nSPS) is 13.9. The number of ether oxygens (including phenoxy) is 1. The first kappa shape index (κ1) is 19.0. The summed E-state index contributed by atoms with van der Waals surface area (Å²) in [4.78, 5) is 25.9. The number of aromatic nitrogens is 2. The third kappa shape index (κ3) is 3.79. The molecule has 2 aromatic carbocycles. The number of carbonyl (C=O) groups is 2. The summed E-state index contributed by atoms with van der Waals surface area (Å²) in [5.41, 5.74) is 3.36. The summed E-state index contributed by atoms with van der Waals surface area (Å²) in [6, 6.07) is 16.5. The Kier molecular flexibility index (Phi) is 5.18. The van der Waals surface area contributed by atoms with Gasteiger partial charge in [0.15, 0.2) is 5.78 Å². The number of carbonyl (C=O) groups excluding carboxylic acids is 2. The highest BCUT2D eigenvalue weighted by molar-refractivity contribution is 6.31. The van der Waals surface area contributed by atoms with Gasteiger partial charge in [-0.3, -0.25) is 9.69 Å². The Morgan fingerprint density at radius 3 is 2.62 bits per heavy atom. The number of rotatable bonds is 5. The minimum Gasteiger partial charge on any atom is -0.447 e. The zero-order valence-electron chi connectivity index (χ0n) is 15.7. The second-order valence-corrected chi connectivity index (χ2v) is 6.91. The van der Waals surface area contributed by atoms with Crippen LogP contribution in [0.1, 0.15) is 21.6 Å². The van der Waals surface area contributed by atoms with Crippen LogP contribution in [-0.2, 0) is 4.74 Å². The molecular formula is C22H18ClN3O3. The van der Waals surface area contributed by atoms with Crippen LogP contribution in [0.2, 0.25) is 5.15 Å². The van der Waals surface area contributed by atoms with Gasteiger partial charge in [0.05, 0.1) is 17.9 Å². The Morgan fingerprint density at radius 2 is 1.90 bits per heavy atom. The highest BCUT2D eigenvalue weighted by Crippen LogP contribution is 2.25. The van der Waals surface area contributed by atoms with E-state index in [9.17, 15) is 9.59 Å². The van der Waals surface area contributed by atoms with Crippen molar-refractivity contribution < 1.29 is 14.3 Å². The van der Waals surface area contributed by atoms with E-state index < -0.39 is 6.09 Å². The molecule has 4 rings (SSSR count). The SMILES string of the molecule is Cc1nn(-c2ccccc2)c(Cl)c1/C=C/C(=O)c1cccc(N2CCOC2=O)c1. The van der Waals surface area contributed by atoms with Crippen molar-refractivity contribution in [2.75, 3.05) is 18.1 Å². The van der Waals surface area contributed by atoms with E-state index in [2.05, 4.69) is 5.10 Å². The molecule has 0 radical (unpaired) electrons. The molecule has 0 aliphatic carbocycles. The monoisotopic (exact) mass is 407 g/mol. The predicted molar refractivity (Wildman–Crippen MR) is 112 cm³/mol. The van der Waals surface area contributed by atoms with Crippen molar-refractivity contribution in [2.45, 2.75) is 6.92 Å². The van der Waals surface area contributed by atoms with Crippen LogP contribution in [0.5, 0.6) is 0 Å². The van der Waals surface area contributed by atoms with Gasteiger partial charge in [-0.05, 0) is 43.3 Å². The Balaban J connectivity index is 1.58. The van der Waals surface area contributed by atoms with Crippen LogP contribution < -0.4 is 4.90 Å². The van der Waals surface area contributed by atoms with E-state index in [0.717, 1.165) is 11.4 Å². The number of hydrogen-bond donors (Lipinski definition) is 0. The molecule has 1 aliphatic rings. The molecule has 2 heterocycles. The standard InChI is InChI=1S/C22H18ClN3O3/c1-15-19(21(23)26(24-15)17-7-3-2-4-8-17)10-11-20(27)16-6-5-9-18(14-16)25-12-13-29-22(25)28/h2-11,14H,12-13H2,1H3/b11-10+. The maximum atomic E-state index is 12.7. The quantitative estimate of drug-likeness (QED) is 0.454. The lowest BCUT2D eigenvalue weighted by Gasteiger charge is -2.13. The summed E-state index contributed by atoms with van der Waals surface area (Å²) in [7, 11) is 0. The van der Waals surface area contributed by atoms with E-state index in [1.54, 1.807) is 35.0 Å². The number of nitrogens with zero attached hydrogens (tertiary/aromatic N) is 3. The smallest absolute Gasteiger partial charge is 0.414 e. The summed E-state index contributed by atoms with van der Waals surface area (Å²) < 4.78 is 6.59. The number of anilines is 1. The molecule has 146 valence electrons. The molecule has 0 bridgehead atoms. The van der Waals surface area contributed by atoms with Gasteiger partial charge in [0, 0.05) is 16.8 Å². The number of aryl methyl sites for hydroxylation is 1. The Bertz CT molecular complexity index is 1110. The fourth-order valence-corrected chi connectivity index (χ4v) is 3.49. The molecule has 3 aromatic rings. The van der Waals surface area contributed by atoms with Crippen LogP contribution in [-0.4, -0.2) is 34.8 Å². The predicted octanol–water partition coefficient (Wildman–Crippen LogP) is 4.69. The average molecular weight is 408 g/mol. The number of amides is 1. The molecule has 0 atom stereocenters. The van der Waals surface area contributed by atoms with Crippen molar-refractivity contribution in [3.63, 3.8) is 0 Å². The first-order chi connectivity index (χ1) is 14.0. The van der Waals surface area contributed by atoms with E-state index in [1.165, 1.54) is 11.0 Å². The molecule has 0 N–H and O–H groups in total. The third-order valence-electron chi connectivity index (χ3n) is 4.65. The summed E-state index contributed by atoms with van der Waals surface area (Å²) in [6.07, 6.45) is 2.73. The number of allylic oxidation sites excluding steroid dienone is 1. The average Bonchev–Trinajstić information content (AvgIpc) is 3.30. The summed E-state index contributed by atoms with van der Waals surface area (Å²) in [6.45, 7) is 2.66. The lowest BCUT2D eigenvalue weighted by Crippen LogP contribution is -2.23. The van der Waals surface area contributed by atoms with Crippen LogP contribution in [0.4, 0.5) is 10.5 Å². The minimum atomic E-state index is -0.402. The Hall–Kier alpha value is -3.38. The van der Waals surface area contributed by atoms with E-state index in [0.29, 0.717) is 35.1 Å². The molecule has 1 amide bonds. The van der Waals surface area contributed by atoms with Gasteiger partial charge in [0.2, 0.25) is 0 Å². The first-order valence-electron chi connectivity index (χ1n) is 9.12. The fraction of sp³-hybridized carbons (Fsp3) is 0.136. The Labute approximate surface area is 173 Å². The lowest BCUT2D eigenvalue weighted by molar-refractivity contribution is 0.104. The number of halogens is 1. The number of para-hydroxylation sites is 1. The number of cyclic esters (lactones) is 1. The third-order valence-corrected chi connectivity index (χ3v) is 5.02. The van der Waals surface area contributed by atoms with Crippen molar-refractivity contribution >= 4 is 35.2 Å². The van der Waals surface area contributed by atoms with E-state index in [-0.39, 0.29) is 5.78 Å². The molecule has 1 fully saturated rings. The van der Waals surface area contributed by atoms with E-state index in [1.807, 2.05) is 37.3 Å².